The van der Waals surface area contributed by atoms with Gasteiger partial charge < -0.3 is 20.1 Å². The van der Waals surface area contributed by atoms with Gasteiger partial charge in [0.1, 0.15) is 43.3 Å². The van der Waals surface area contributed by atoms with Crippen LogP contribution in [0.1, 0.15) is 80.2 Å². The highest BCUT2D eigenvalue weighted by atomic mass is 79.9. The molecule has 0 aromatic carbocycles. The molecule has 14 nitrogen and oxygen atoms in total. The molecule has 6 heterocycles. The average Bonchev–Trinajstić information content (AvgIpc) is 4.05. The van der Waals surface area contributed by atoms with Crippen molar-refractivity contribution in [1.82, 2.24) is 50.3 Å². The molecule has 2 aliphatic rings. The Morgan fingerprint density at radius 2 is 1.18 bits per heavy atom. The predicted octanol–water partition coefficient (Wildman–Crippen LogP) is 7.59. The Bertz CT molecular complexity index is 2180. The van der Waals surface area contributed by atoms with E-state index in [0.29, 0.717) is 73.4 Å². The average molecular weight is 844 g/mol. The second kappa shape index (κ2) is 17.8. The standard InChI is InChI=1S/C20H24N6OS.C18H19BrN6OS/c1-4-14-5-6-17(21-9-14)16-7-15(16)11-27-19-8-18(23-12(2)24-19)22-10-20-26-25-13(3)28-20;1-10-22-16(21-8-18-25-24-11(2)27-18)6-17(23-10)26-9-12-5-14(12)15-4-3-13(19)7-20-15/h5-6,8-9,15-16H,4,7,10-11H2,1-3H3,(H,22,23,24);3-4,6-7,12,14H,5,8-9H2,1-2H3,(H,21,22,23)/t15-,16+;12-,14+/m11/s1. The number of pyridine rings is 2. The van der Waals surface area contributed by atoms with Crippen LogP contribution in [0.5, 0.6) is 11.8 Å². The summed E-state index contributed by atoms with van der Waals surface area (Å²) in [6.07, 6.45) is 7.06. The number of nitrogens with one attached hydrogen (secondary N) is 2. The summed E-state index contributed by atoms with van der Waals surface area (Å²) in [6.45, 7) is 12.2. The quantitative estimate of drug-likeness (QED) is 0.104. The van der Waals surface area contributed by atoms with Gasteiger partial charge in [0, 0.05) is 64.1 Å². The maximum absolute atomic E-state index is 5.96. The molecular formula is C38H43BrN12O2S2. The zero-order valence-electron chi connectivity index (χ0n) is 31.4. The minimum atomic E-state index is 0.472. The van der Waals surface area contributed by atoms with Crippen LogP contribution in [0.25, 0.3) is 0 Å². The van der Waals surface area contributed by atoms with Crippen LogP contribution in [-0.4, -0.2) is 63.5 Å². The van der Waals surface area contributed by atoms with Crippen LogP contribution in [0.15, 0.2) is 53.3 Å². The van der Waals surface area contributed by atoms with Crippen LogP contribution in [0.4, 0.5) is 11.6 Å². The van der Waals surface area contributed by atoms with Crippen molar-refractivity contribution >= 4 is 50.2 Å². The molecule has 17 heteroatoms. The Morgan fingerprint density at radius 1 is 0.673 bits per heavy atom. The van der Waals surface area contributed by atoms with E-state index in [1.165, 1.54) is 11.3 Å². The summed E-state index contributed by atoms with van der Waals surface area (Å²) in [6, 6.07) is 12.1. The Kier molecular flexibility index (Phi) is 12.5. The Hall–Kier alpha value is -4.74. The summed E-state index contributed by atoms with van der Waals surface area (Å²) >= 11 is 6.56. The van der Waals surface area contributed by atoms with Gasteiger partial charge in [-0.1, -0.05) is 35.7 Å². The monoisotopic (exact) mass is 842 g/mol. The molecule has 0 aliphatic heterocycles. The Labute approximate surface area is 336 Å². The van der Waals surface area contributed by atoms with E-state index in [9.17, 15) is 0 Å². The van der Waals surface area contributed by atoms with Gasteiger partial charge in [-0.15, -0.1) is 20.4 Å². The Balaban J connectivity index is 0.000000169. The lowest BCUT2D eigenvalue weighted by molar-refractivity contribution is 0.284. The molecule has 0 saturated heterocycles. The molecule has 4 atom stereocenters. The van der Waals surface area contributed by atoms with E-state index >= 15 is 0 Å². The number of aryl methyl sites for hydroxylation is 5. The third-order valence-electron chi connectivity index (χ3n) is 9.11. The largest absolute Gasteiger partial charge is 0.477 e. The molecular weight excluding hydrogens is 801 g/mol. The number of rotatable bonds is 15. The molecule has 0 unspecified atom stereocenters. The van der Waals surface area contributed by atoms with Crippen LogP contribution >= 0.6 is 38.6 Å². The highest BCUT2D eigenvalue weighted by molar-refractivity contribution is 9.10. The third kappa shape index (κ3) is 11.2. The highest BCUT2D eigenvalue weighted by Crippen LogP contribution is 2.47. The SMILES string of the molecule is CCc1ccc([C@H]2C[C@@H]2COc2cc(NCc3nnc(C)s3)nc(C)n2)nc1.Cc1nc(NCc2nnc(C)s2)cc(OC[C@H]2C[C@@H]2c2ccc(Br)cn2)n1. The molecule has 6 aromatic heterocycles. The highest BCUT2D eigenvalue weighted by Gasteiger charge is 2.41. The van der Waals surface area contributed by atoms with Crippen molar-refractivity contribution in [3.63, 3.8) is 0 Å². The molecule has 286 valence electrons. The first-order chi connectivity index (χ1) is 26.7. The first-order valence-corrected chi connectivity index (χ1v) is 20.7. The number of nitrogens with zero attached hydrogens (tertiary/aromatic N) is 10. The molecule has 2 N–H and O–H groups in total. The van der Waals surface area contributed by atoms with E-state index in [1.807, 2.05) is 58.3 Å². The van der Waals surface area contributed by atoms with Crippen molar-refractivity contribution in [1.29, 1.82) is 0 Å². The molecule has 2 fully saturated rings. The minimum absolute atomic E-state index is 0.472. The van der Waals surface area contributed by atoms with Gasteiger partial charge in [0.05, 0.1) is 26.3 Å². The maximum Gasteiger partial charge on any atom is 0.218 e. The number of ether oxygens (including phenoxy) is 2. The summed E-state index contributed by atoms with van der Waals surface area (Å²) in [4.78, 5) is 26.7. The van der Waals surface area contributed by atoms with E-state index in [0.717, 1.165) is 61.1 Å². The summed E-state index contributed by atoms with van der Waals surface area (Å²) in [7, 11) is 0. The lowest BCUT2D eigenvalue weighted by Crippen LogP contribution is -2.07. The summed E-state index contributed by atoms with van der Waals surface area (Å²) in [5.74, 6) is 5.95. The predicted molar refractivity (Wildman–Crippen MR) is 216 cm³/mol. The zero-order valence-corrected chi connectivity index (χ0v) is 34.6. The molecule has 0 radical (unpaired) electrons. The number of aromatic nitrogens is 10. The van der Waals surface area contributed by atoms with Crippen molar-refractivity contribution in [2.75, 3.05) is 23.8 Å². The molecule has 8 rings (SSSR count). The molecule has 2 aliphatic carbocycles. The summed E-state index contributed by atoms with van der Waals surface area (Å²) in [5.41, 5.74) is 3.57. The smallest absolute Gasteiger partial charge is 0.218 e. The van der Waals surface area contributed by atoms with Crippen molar-refractivity contribution < 1.29 is 9.47 Å². The van der Waals surface area contributed by atoms with Crippen LogP contribution in [0, 0.1) is 39.5 Å². The van der Waals surface area contributed by atoms with Crippen LogP contribution in [0.3, 0.4) is 0 Å². The topological polar surface area (TPSA) is 171 Å². The fraction of sp³-hybridized carbons (Fsp3) is 0.421. The molecule has 0 amide bonds. The Morgan fingerprint density at radius 3 is 1.60 bits per heavy atom. The van der Waals surface area contributed by atoms with Gasteiger partial charge in [-0.3, -0.25) is 9.97 Å². The van der Waals surface area contributed by atoms with E-state index in [1.54, 1.807) is 22.7 Å². The second-order valence-electron chi connectivity index (χ2n) is 13.6. The number of hydrogen-bond donors (Lipinski definition) is 2. The minimum Gasteiger partial charge on any atom is -0.477 e. The van der Waals surface area contributed by atoms with E-state index in [-0.39, 0.29) is 0 Å². The van der Waals surface area contributed by atoms with Gasteiger partial charge in [-0.25, -0.2) is 9.97 Å². The molecule has 55 heavy (non-hydrogen) atoms. The van der Waals surface area contributed by atoms with Crippen molar-refractivity contribution in [2.45, 2.75) is 78.8 Å². The van der Waals surface area contributed by atoms with Gasteiger partial charge in [0.2, 0.25) is 11.8 Å². The van der Waals surface area contributed by atoms with Crippen molar-refractivity contribution in [3.05, 3.63) is 102 Å². The first-order valence-electron chi connectivity index (χ1n) is 18.3. The maximum atomic E-state index is 5.96. The molecule has 2 saturated carbocycles. The van der Waals surface area contributed by atoms with E-state index < -0.39 is 0 Å². The van der Waals surface area contributed by atoms with Crippen LogP contribution in [-0.2, 0) is 19.5 Å². The lowest BCUT2D eigenvalue weighted by Gasteiger charge is -2.09. The van der Waals surface area contributed by atoms with Crippen molar-refractivity contribution in [3.8, 4) is 11.8 Å². The molecule has 6 aromatic rings. The van der Waals surface area contributed by atoms with E-state index in [4.69, 9.17) is 9.47 Å². The van der Waals surface area contributed by atoms with Crippen LogP contribution in [0.2, 0.25) is 0 Å². The van der Waals surface area contributed by atoms with Gasteiger partial charge >= 0.3 is 0 Å². The van der Waals surface area contributed by atoms with Crippen molar-refractivity contribution in [2.24, 2.45) is 11.8 Å². The van der Waals surface area contributed by atoms with Gasteiger partial charge in [0.15, 0.2) is 0 Å². The van der Waals surface area contributed by atoms with Crippen LogP contribution < -0.4 is 20.1 Å². The molecule has 0 bridgehead atoms. The summed E-state index contributed by atoms with van der Waals surface area (Å²) < 4.78 is 12.9. The molecule has 0 spiro atoms. The lowest BCUT2D eigenvalue weighted by atomic mass is 10.1. The fourth-order valence-corrected chi connectivity index (χ4v) is 7.54. The normalized spacial score (nSPS) is 18.2. The van der Waals surface area contributed by atoms with Gasteiger partial charge in [0.25, 0.3) is 0 Å². The van der Waals surface area contributed by atoms with E-state index in [2.05, 4.69) is 102 Å². The fourth-order valence-electron chi connectivity index (χ4n) is 6.00. The number of halogens is 1. The second-order valence-corrected chi connectivity index (χ2v) is 17.0. The first kappa shape index (κ1) is 38.5. The van der Waals surface area contributed by atoms with Gasteiger partial charge in [-0.05, 0) is 86.6 Å². The third-order valence-corrected chi connectivity index (χ3v) is 11.3. The van der Waals surface area contributed by atoms with Gasteiger partial charge in [-0.2, -0.15) is 9.97 Å². The number of anilines is 2. The summed E-state index contributed by atoms with van der Waals surface area (Å²) in [5, 5.41) is 26.6. The zero-order chi connectivity index (χ0) is 38.3. The number of hydrogen-bond acceptors (Lipinski definition) is 16.